The lowest BCUT2D eigenvalue weighted by molar-refractivity contribution is -0.141. The summed E-state index contributed by atoms with van der Waals surface area (Å²) in [6, 6.07) is -0.642. The summed E-state index contributed by atoms with van der Waals surface area (Å²) in [4.78, 5) is 26.2. The van der Waals surface area contributed by atoms with E-state index in [2.05, 4.69) is 24.1 Å². The molecule has 0 spiro atoms. The molecule has 0 aliphatic carbocycles. The first kappa shape index (κ1) is 17.7. The Morgan fingerprint density at radius 1 is 1.21 bits per heavy atom. The number of rotatable bonds is 8. The number of carbonyl (C=O) groups is 2. The summed E-state index contributed by atoms with van der Waals surface area (Å²) in [5.74, 6) is -0.975. The highest BCUT2D eigenvalue weighted by Crippen LogP contribution is 2.02. The maximum absolute atomic E-state index is 11.8. The molecule has 0 aliphatic rings. The molecule has 0 rings (SSSR count). The van der Waals surface area contributed by atoms with Gasteiger partial charge in [-0.15, -0.1) is 0 Å². The van der Waals surface area contributed by atoms with Crippen molar-refractivity contribution >= 4 is 12.0 Å². The van der Waals surface area contributed by atoms with Crippen LogP contribution in [0.15, 0.2) is 0 Å². The lowest BCUT2D eigenvalue weighted by Crippen LogP contribution is -2.48. The second-order valence-electron chi connectivity index (χ2n) is 4.84. The maximum atomic E-state index is 11.8. The fraction of sp³-hybridized carbons (Fsp3) is 0.846. The third-order valence-electron chi connectivity index (χ3n) is 3.54. The minimum absolute atomic E-state index is 0.341. The molecule has 6 heteroatoms. The smallest absolute Gasteiger partial charge is 0.326 e. The molecule has 0 fully saturated rings. The molecule has 2 unspecified atom stereocenters. The number of urea groups is 1. The number of carboxylic acid groups (broad SMARTS) is 1. The van der Waals surface area contributed by atoms with Gasteiger partial charge in [0.25, 0.3) is 0 Å². The number of amides is 2. The molecule has 0 bridgehead atoms. The van der Waals surface area contributed by atoms with Gasteiger partial charge in [-0.05, 0) is 26.8 Å². The van der Waals surface area contributed by atoms with E-state index in [0.717, 1.165) is 13.0 Å². The van der Waals surface area contributed by atoms with Crippen LogP contribution in [0, 0.1) is 0 Å². The molecule has 2 N–H and O–H groups in total. The zero-order valence-electron chi connectivity index (χ0n) is 12.6. The molecule has 6 nitrogen and oxygen atoms in total. The quantitative estimate of drug-likeness (QED) is 0.697. The van der Waals surface area contributed by atoms with Crippen LogP contribution in [-0.2, 0) is 4.79 Å². The Bertz CT molecular complexity index is 297. The molecule has 0 aromatic rings. The van der Waals surface area contributed by atoms with Gasteiger partial charge in [-0.2, -0.15) is 0 Å². The Morgan fingerprint density at radius 3 is 2.21 bits per heavy atom. The van der Waals surface area contributed by atoms with Crippen molar-refractivity contribution < 1.29 is 14.7 Å². The lowest BCUT2D eigenvalue weighted by Gasteiger charge is -2.26. The van der Waals surface area contributed by atoms with Crippen LogP contribution in [0.5, 0.6) is 0 Å². The lowest BCUT2D eigenvalue weighted by atomic mass is 10.2. The van der Waals surface area contributed by atoms with Gasteiger partial charge >= 0.3 is 12.0 Å². The largest absolute Gasteiger partial charge is 0.480 e. The molecule has 0 radical (unpaired) electrons. The molecule has 0 aromatic carbocycles. The van der Waals surface area contributed by atoms with E-state index in [1.165, 1.54) is 11.9 Å². The predicted molar refractivity (Wildman–Crippen MR) is 75.3 cm³/mol. The Hall–Kier alpha value is -1.30. The first-order valence-electron chi connectivity index (χ1n) is 6.78. The molecule has 19 heavy (non-hydrogen) atoms. The zero-order valence-corrected chi connectivity index (χ0v) is 12.6. The maximum Gasteiger partial charge on any atom is 0.326 e. The van der Waals surface area contributed by atoms with Crippen LogP contribution >= 0.6 is 0 Å². The molecular formula is C13H27N3O3. The number of likely N-dealkylation sites (N-methyl/N-ethyl adjacent to an activating group) is 2. The third-order valence-corrected chi connectivity index (χ3v) is 3.54. The highest BCUT2D eigenvalue weighted by atomic mass is 16.4. The van der Waals surface area contributed by atoms with Gasteiger partial charge in [0.2, 0.25) is 0 Å². The minimum atomic E-state index is -0.975. The number of hydrogen-bond acceptors (Lipinski definition) is 3. The Morgan fingerprint density at radius 2 is 1.79 bits per heavy atom. The predicted octanol–water partition coefficient (Wildman–Crippen LogP) is 1.22. The van der Waals surface area contributed by atoms with E-state index in [-0.39, 0.29) is 6.03 Å². The van der Waals surface area contributed by atoms with Crippen LogP contribution in [0.2, 0.25) is 0 Å². The van der Waals surface area contributed by atoms with Gasteiger partial charge in [-0.25, -0.2) is 9.59 Å². The van der Waals surface area contributed by atoms with E-state index in [1.807, 2.05) is 7.05 Å². The van der Waals surface area contributed by atoms with Crippen molar-refractivity contribution in [3.05, 3.63) is 0 Å². The van der Waals surface area contributed by atoms with E-state index in [4.69, 9.17) is 5.11 Å². The number of aliphatic carboxylic acids is 1. The first-order valence-corrected chi connectivity index (χ1v) is 6.78. The number of nitrogens with one attached hydrogen (secondary N) is 1. The van der Waals surface area contributed by atoms with Crippen molar-refractivity contribution in [2.24, 2.45) is 0 Å². The SMILES string of the molecule is CCC(C)N(C)CCNC(=O)N(C)C(CC)C(=O)O. The number of carbonyl (C=O) groups excluding carboxylic acids is 1. The molecule has 112 valence electrons. The van der Waals surface area contributed by atoms with Crippen LogP contribution in [0.3, 0.4) is 0 Å². The van der Waals surface area contributed by atoms with E-state index in [9.17, 15) is 9.59 Å². The van der Waals surface area contributed by atoms with Gasteiger partial charge in [0.1, 0.15) is 6.04 Å². The molecule has 2 atom stereocenters. The summed E-state index contributed by atoms with van der Waals surface area (Å²) in [5.41, 5.74) is 0. The van der Waals surface area contributed by atoms with Crippen LogP contribution in [0.1, 0.15) is 33.6 Å². The summed E-state index contributed by atoms with van der Waals surface area (Å²) >= 11 is 0. The van der Waals surface area contributed by atoms with Crippen molar-refractivity contribution in [2.45, 2.75) is 45.7 Å². The second-order valence-corrected chi connectivity index (χ2v) is 4.84. The minimum Gasteiger partial charge on any atom is -0.480 e. The van der Waals surface area contributed by atoms with Crippen molar-refractivity contribution in [3.8, 4) is 0 Å². The highest BCUT2D eigenvalue weighted by molar-refractivity contribution is 5.82. The van der Waals surface area contributed by atoms with Crippen molar-refractivity contribution in [3.63, 3.8) is 0 Å². The van der Waals surface area contributed by atoms with E-state index < -0.39 is 12.0 Å². The van der Waals surface area contributed by atoms with E-state index in [1.54, 1.807) is 6.92 Å². The first-order chi connectivity index (χ1) is 8.84. The highest BCUT2D eigenvalue weighted by Gasteiger charge is 2.24. The average Bonchev–Trinajstić information content (AvgIpc) is 2.37. The van der Waals surface area contributed by atoms with Crippen molar-refractivity contribution in [1.82, 2.24) is 15.1 Å². The molecule has 0 heterocycles. The van der Waals surface area contributed by atoms with E-state index >= 15 is 0 Å². The normalized spacial score (nSPS) is 14.0. The summed E-state index contributed by atoms with van der Waals surface area (Å²) in [7, 11) is 3.52. The Balaban J connectivity index is 4.14. The second kappa shape index (κ2) is 8.74. The van der Waals surface area contributed by atoms with Crippen LogP contribution in [0.4, 0.5) is 4.79 Å². The van der Waals surface area contributed by atoms with E-state index in [0.29, 0.717) is 19.0 Å². The van der Waals surface area contributed by atoms with Crippen molar-refractivity contribution in [2.75, 3.05) is 27.2 Å². The van der Waals surface area contributed by atoms with Gasteiger partial charge < -0.3 is 20.2 Å². The fourth-order valence-corrected chi connectivity index (χ4v) is 1.75. The zero-order chi connectivity index (χ0) is 15.0. The molecule has 0 aromatic heterocycles. The van der Waals surface area contributed by atoms with Gasteiger partial charge in [-0.3, -0.25) is 0 Å². The monoisotopic (exact) mass is 273 g/mol. The fourth-order valence-electron chi connectivity index (χ4n) is 1.75. The molecule has 0 saturated carbocycles. The number of carboxylic acids is 1. The van der Waals surface area contributed by atoms with Crippen molar-refractivity contribution in [1.29, 1.82) is 0 Å². The Kier molecular flexibility index (Phi) is 8.14. The summed E-state index contributed by atoms with van der Waals surface area (Å²) < 4.78 is 0. The number of hydrogen-bond donors (Lipinski definition) is 2. The van der Waals surface area contributed by atoms with Gasteiger partial charge in [0.15, 0.2) is 0 Å². The standard InChI is InChI=1S/C13H27N3O3/c1-6-10(3)15(4)9-8-14-13(19)16(5)11(7-2)12(17)18/h10-11H,6-9H2,1-5H3,(H,14,19)(H,17,18). The molecule has 2 amide bonds. The average molecular weight is 273 g/mol. The summed E-state index contributed by atoms with van der Waals surface area (Å²) in [5, 5.41) is 11.7. The molecule has 0 saturated heterocycles. The van der Waals surface area contributed by atoms with Gasteiger partial charge in [0, 0.05) is 26.2 Å². The van der Waals surface area contributed by atoms with Crippen LogP contribution in [-0.4, -0.2) is 66.2 Å². The molecule has 0 aliphatic heterocycles. The van der Waals surface area contributed by atoms with Gasteiger partial charge in [-0.1, -0.05) is 13.8 Å². The summed E-state index contributed by atoms with van der Waals surface area (Å²) in [6.07, 6.45) is 1.45. The third kappa shape index (κ3) is 5.92. The topological polar surface area (TPSA) is 72.9 Å². The number of nitrogens with zero attached hydrogens (tertiary/aromatic N) is 2. The summed E-state index contributed by atoms with van der Waals surface area (Å²) in [6.45, 7) is 7.26. The van der Waals surface area contributed by atoms with Gasteiger partial charge in [0.05, 0.1) is 0 Å². The van der Waals surface area contributed by atoms with Crippen LogP contribution < -0.4 is 5.32 Å². The van der Waals surface area contributed by atoms with Crippen LogP contribution in [0.25, 0.3) is 0 Å². The molecular weight excluding hydrogens is 246 g/mol. The Labute approximate surface area is 115 Å².